The molecule has 1 amide bonds. The van der Waals surface area contributed by atoms with E-state index in [1.54, 1.807) is 17.8 Å². The number of rotatable bonds is 9. The molecule has 0 unspecified atom stereocenters. The molecule has 168 valence electrons. The molecule has 1 fully saturated rings. The van der Waals surface area contributed by atoms with E-state index in [-0.39, 0.29) is 16.4 Å². The number of nitrogens with one attached hydrogen (secondary N) is 1. The first kappa shape index (κ1) is 23.6. The number of thioether (sulfide) groups is 1. The molecule has 0 saturated carbocycles. The minimum absolute atomic E-state index is 0.131. The second-order valence-electron chi connectivity index (χ2n) is 7.74. The third-order valence-electron chi connectivity index (χ3n) is 5.44. The summed E-state index contributed by atoms with van der Waals surface area (Å²) in [6.45, 7) is 3.64. The van der Waals surface area contributed by atoms with Crippen molar-refractivity contribution in [2.24, 2.45) is 5.92 Å². The van der Waals surface area contributed by atoms with Crippen LogP contribution in [0.1, 0.15) is 35.7 Å². The van der Waals surface area contributed by atoms with E-state index in [0.29, 0.717) is 31.3 Å². The van der Waals surface area contributed by atoms with Crippen LogP contribution in [0.3, 0.4) is 0 Å². The van der Waals surface area contributed by atoms with E-state index in [2.05, 4.69) is 24.4 Å². The van der Waals surface area contributed by atoms with Crippen LogP contribution in [-0.2, 0) is 15.8 Å². The second kappa shape index (κ2) is 11.0. The van der Waals surface area contributed by atoms with Crippen LogP contribution < -0.4 is 10.1 Å². The lowest BCUT2D eigenvalue weighted by molar-refractivity contribution is 0.0953. The quantitative estimate of drug-likeness (QED) is 0.574. The molecule has 1 aliphatic rings. The fourth-order valence-electron chi connectivity index (χ4n) is 3.50. The highest BCUT2D eigenvalue weighted by molar-refractivity contribution is 7.98. The number of benzene rings is 2. The van der Waals surface area contributed by atoms with Crippen LogP contribution in [0.15, 0.2) is 53.4 Å². The number of hydrogen-bond acceptors (Lipinski definition) is 5. The molecular weight excluding hydrogens is 432 g/mol. The van der Waals surface area contributed by atoms with Gasteiger partial charge in [0.2, 0.25) is 10.0 Å². The fourth-order valence-corrected chi connectivity index (χ4v) is 5.81. The Bertz CT molecular complexity index is 972. The van der Waals surface area contributed by atoms with Crippen molar-refractivity contribution in [2.45, 2.75) is 30.4 Å². The maximum absolute atomic E-state index is 13.1. The van der Waals surface area contributed by atoms with Crippen LogP contribution in [-0.4, -0.2) is 51.1 Å². The van der Waals surface area contributed by atoms with Gasteiger partial charge in [-0.2, -0.15) is 16.1 Å². The summed E-state index contributed by atoms with van der Waals surface area (Å²) in [6, 6.07) is 14.7. The Hall–Kier alpha value is -2.03. The van der Waals surface area contributed by atoms with Gasteiger partial charge < -0.3 is 10.1 Å². The highest BCUT2D eigenvalue weighted by atomic mass is 32.2. The Balaban J connectivity index is 1.62. The van der Waals surface area contributed by atoms with E-state index in [9.17, 15) is 13.2 Å². The first-order valence-electron chi connectivity index (χ1n) is 10.5. The molecule has 0 radical (unpaired) electrons. The molecule has 31 heavy (non-hydrogen) atoms. The second-order valence-corrected chi connectivity index (χ2v) is 10.8. The molecule has 1 saturated heterocycles. The number of methoxy groups -OCH3 is 1. The lowest BCUT2D eigenvalue weighted by Gasteiger charge is -2.29. The predicted molar refractivity (Wildman–Crippen MR) is 125 cm³/mol. The van der Waals surface area contributed by atoms with Crippen molar-refractivity contribution in [3.63, 3.8) is 0 Å². The molecule has 3 rings (SSSR count). The van der Waals surface area contributed by atoms with Crippen LogP contribution in [0.2, 0.25) is 0 Å². The van der Waals surface area contributed by atoms with Crippen molar-refractivity contribution in [1.82, 2.24) is 9.62 Å². The molecule has 1 heterocycles. The van der Waals surface area contributed by atoms with E-state index < -0.39 is 10.0 Å². The van der Waals surface area contributed by atoms with Crippen LogP contribution in [0.4, 0.5) is 0 Å². The SMILES string of the molecule is COc1ccc(S(=O)(=O)N2CCC(C)CC2)cc1C(=O)NCCSCc1ccccc1. The summed E-state index contributed by atoms with van der Waals surface area (Å²) in [6.07, 6.45) is 1.70. The lowest BCUT2D eigenvalue weighted by atomic mass is 10.0. The number of nitrogens with zero attached hydrogens (tertiary/aromatic N) is 1. The zero-order valence-electron chi connectivity index (χ0n) is 18.0. The normalized spacial score (nSPS) is 15.5. The van der Waals surface area contributed by atoms with E-state index >= 15 is 0 Å². The molecule has 1 aliphatic heterocycles. The molecule has 1 N–H and O–H groups in total. The van der Waals surface area contributed by atoms with E-state index in [4.69, 9.17) is 4.74 Å². The zero-order chi connectivity index (χ0) is 22.3. The summed E-state index contributed by atoms with van der Waals surface area (Å²) in [7, 11) is -2.16. The fraction of sp³-hybridized carbons (Fsp3) is 0.435. The maximum atomic E-state index is 13.1. The van der Waals surface area contributed by atoms with Crippen LogP contribution >= 0.6 is 11.8 Å². The van der Waals surface area contributed by atoms with Crippen LogP contribution in [0, 0.1) is 5.92 Å². The summed E-state index contributed by atoms with van der Waals surface area (Å²) in [4.78, 5) is 12.9. The number of ether oxygens (including phenoxy) is 1. The molecular formula is C23H30N2O4S2. The van der Waals surface area contributed by atoms with Gasteiger partial charge in [-0.05, 0) is 42.5 Å². The first-order chi connectivity index (χ1) is 14.9. The standard InChI is InChI=1S/C23H30N2O4S2/c1-18-10-13-25(14-11-18)31(27,28)20-8-9-22(29-2)21(16-20)23(26)24-12-15-30-17-19-6-4-3-5-7-19/h3-9,16,18H,10-15,17H2,1-2H3,(H,24,26). The van der Waals surface area contributed by atoms with Crippen molar-refractivity contribution in [3.8, 4) is 5.75 Å². The van der Waals surface area contributed by atoms with Crippen molar-refractivity contribution in [1.29, 1.82) is 0 Å². The highest BCUT2D eigenvalue weighted by Crippen LogP contribution is 2.27. The van der Waals surface area contributed by atoms with Gasteiger partial charge in [0.05, 0.1) is 17.6 Å². The van der Waals surface area contributed by atoms with Crippen LogP contribution in [0.5, 0.6) is 5.75 Å². The highest BCUT2D eigenvalue weighted by Gasteiger charge is 2.29. The maximum Gasteiger partial charge on any atom is 0.255 e. The Morgan fingerprint density at radius 1 is 1.16 bits per heavy atom. The van der Waals surface area contributed by atoms with Gasteiger partial charge in [0, 0.05) is 31.1 Å². The van der Waals surface area contributed by atoms with Gasteiger partial charge in [-0.15, -0.1) is 0 Å². The number of hydrogen-bond donors (Lipinski definition) is 1. The van der Waals surface area contributed by atoms with Gasteiger partial charge in [-0.25, -0.2) is 8.42 Å². The van der Waals surface area contributed by atoms with Crippen molar-refractivity contribution in [2.75, 3.05) is 32.5 Å². The van der Waals surface area contributed by atoms with Crippen molar-refractivity contribution < 1.29 is 17.9 Å². The van der Waals surface area contributed by atoms with Gasteiger partial charge in [-0.1, -0.05) is 37.3 Å². The number of piperidine rings is 1. The van der Waals surface area contributed by atoms with E-state index in [1.807, 2.05) is 18.2 Å². The van der Waals surface area contributed by atoms with E-state index in [0.717, 1.165) is 24.3 Å². The molecule has 0 bridgehead atoms. The molecule has 2 aromatic rings. The number of carbonyl (C=O) groups is 1. The molecule has 0 aliphatic carbocycles. The molecule has 0 aromatic heterocycles. The van der Waals surface area contributed by atoms with Crippen molar-refractivity contribution in [3.05, 3.63) is 59.7 Å². The van der Waals surface area contributed by atoms with Gasteiger partial charge in [0.1, 0.15) is 5.75 Å². The molecule has 0 spiro atoms. The summed E-state index contributed by atoms with van der Waals surface area (Å²) < 4.78 is 32.9. The Morgan fingerprint density at radius 3 is 2.55 bits per heavy atom. The Kier molecular flexibility index (Phi) is 8.40. The predicted octanol–water partition coefficient (Wildman–Crippen LogP) is 3.78. The topological polar surface area (TPSA) is 75.7 Å². The number of amides is 1. The Labute approximate surface area is 189 Å². The summed E-state index contributed by atoms with van der Waals surface area (Å²) in [5.41, 5.74) is 1.48. The first-order valence-corrected chi connectivity index (χ1v) is 13.1. The van der Waals surface area contributed by atoms with Gasteiger partial charge >= 0.3 is 0 Å². The minimum atomic E-state index is -3.63. The molecule has 6 nitrogen and oxygen atoms in total. The number of carbonyl (C=O) groups excluding carboxylic acids is 1. The largest absolute Gasteiger partial charge is 0.496 e. The number of sulfonamides is 1. The summed E-state index contributed by atoms with van der Waals surface area (Å²) in [5, 5.41) is 2.88. The summed E-state index contributed by atoms with van der Waals surface area (Å²) in [5.74, 6) is 2.19. The van der Waals surface area contributed by atoms with E-state index in [1.165, 1.54) is 29.1 Å². The van der Waals surface area contributed by atoms with Crippen LogP contribution in [0.25, 0.3) is 0 Å². The molecule has 8 heteroatoms. The molecule has 2 aromatic carbocycles. The monoisotopic (exact) mass is 462 g/mol. The van der Waals surface area contributed by atoms with Gasteiger partial charge in [0.25, 0.3) is 5.91 Å². The minimum Gasteiger partial charge on any atom is -0.496 e. The third-order valence-corrected chi connectivity index (χ3v) is 8.36. The third kappa shape index (κ3) is 6.24. The summed E-state index contributed by atoms with van der Waals surface area (Å²) >= 11 is 1.73. The van der Waals surface area contributed by atoms with Gasteiger partial charge in [-0.3, -0.25) is 4.79 Å². The molecule has 0 atom stereocenters. The van der Waals surface area contributed by atoms with Crippen molar-refractivity contribution >= 4 is 27.7 Å². The average molecular weight is 463 g/mol. The lowest BCUT2D eigenvalue weighted by Crippen LogP contribution is -2.38. The Morgan fingerprint density at radius 2 is 1.87 bits per heavy atom. The smallest absolute Gasteiger partial charge is 0.255 e. The zero-order valence-corrected chi connectivity index (χ0v) is 19.7. The van der Waals surface area contributed by atoms with Gasteiger partial charge in [0.15, 0.2) is 0 Å². The average Bonchev–Trinajstić information content (AvgIpc) is 2.79.